The van der Waals surface area contributed by atoms with Crippen LogP contribution in [0.25, 0.3) is 11.1 Å². The van der Waals surface area contributed by atoms with Crippen LogP contribution in [0, 0.1) is 11.3 Å². The molecule has 6 rings (SSSR count). The number of amides is 2. The predicted octanol–water partition coefficient (Wildman–Crippen LogP) is 4.70. The molecule has 43 heavy (non-hydrogen) atoms. The zero-order valence-corrected chi connectivity index (χ0v) is 23.5. The molecule has 2 fully saturated rings. The van der Waals surface area contributed by atoms with E-state index in [0.29, 0.717) is 12.2 Å². The van der Waals surface area contributed by atoms with Crippen molar-refractivity contribution in [2.24, 2.45) is 0 Å². The van der Waals surface area contributed by atoms with Crippen molar-refractivity contribution in [3.63, 3.8) is 0 Å². The maximum Gasteiger partial charge on any atom is 0.280 e. The van der Waals surface area contributed by atoms with Crippen molar-refractivity contribution in [2.45, 2.75) is 24.7 Å². The van der Waals surface area contributed by atoms with E-state index < -0.39 is 18.0 Å². The highest BCUT2D eigenvalue weighted by Crippen LogP contribution is 2.55. The van der Waals surface area contributed by atoms with E-state index in [1.807, 2.05) is 12.1 Å². The molecule has 11 nitrogen and oxygen atoms in total. The number of benzene rings is 1. The van der Waals surface area contributed by atoms with Gasteiger partial charge in [-0.15, -0.1) is 10.2 Å². The summed E-state index contributed by atoms with van der Waals surface area (Å²) in [5.41, 5.74) is 1.65. The van der Waals surface area contributed by atoms with E-state index in [0.717, 1.165) is 29.3 Å². The average Bonchev–Trinajstić information content (AvgIpc) is 3.70. The van der Waals surface area contributed by atoms with E-state index in [1.54, 1.807) is 12.1 Å². The number of alkyl halides is 2. The third-order valence-electron chi connectivity index (χ3n) is 7.26. The minimum Gasteiger partial charge on any atom is -0.494 e. The van der Waals surface area contributed by atoms with Crippen LogP contribution in [-0.2, 0) is 9.53 Å². The van der Waals surface area contributed by atoms with Crippen LogP contribution in [0.3, 0.4) is 0 Å². The van der Waals surface area contributed by atoms with E-state index in [9.17, 15) is 18.4 Å². The summed E-state index contributed by atoms with van der Waals surface area (Å²) in [5, 5.41) is 21.2. The molecular formula is C29H23F2N7O4S. The van der Waals surface area contributed by atoms with E-state index in [1.165, 1.54) is 35.6 Å². The Hall–Kier alpha value is -4.87. The van der Waals surface area contributed by atoms with Gasteiger partial charge in [-0.05, 0) is 42.2 Å². The van der Waals surface area contributed by atoms with Gasteiger partial charge in [-0.25, -0.2) is 13.8 Å². The van der Waals surface area contributed by atoms with Gasteiger partial charge < -0.3 is 9.47 Å². The van der Waals surface area contributed by atoms with Crippen LogP contribution < -0.4 is 15.0 Å². The summed E-state index contributed by atoms with van der Waals surface area (Å²) < 4.78 is 37.8. The minimum atomic E-state index is -2.86. The predicted molar refractivity (Wildman–Crippen MR) is 151 cm³/mol. The Morgan fingerprint density at radius 3 is 2.70 bits per heavy atom. The largest absolute Gasteiger partial charge is 0.494 e. The Morgan fingerprint density at radius 2 is 1.98 bits per heavy atom. The van der Waals surface area contributed by atoms with Crippen LogP contribution in [0.15, 0.2) is 48.8 Å². The van der Waals surface area contributed by atoms with Crippen molar-refractivity contribution in [2.75, 3.05) is 37.1 Å². The molecule has 1 saturated heterocycles. The number of anilines is 2. The van der Waals surface area contributed by atoms with Crippen LogP contribution in [0.4, 0.5) is 19.7 Å². The highest BCUT2D eigenvalue weighted by atomic mass is 32.1. The van der Waals surface area contributed by atoms with Crippen molar-refractivity contribution in [3.8, 4) is 22.9 Å². The molecule has 2 unspecified atom stereocenters. The molecule has 2 atom stereocenters. The number of methoxy groups -OCH3 is 1. The quantitative estimate of drug-likeness (QED) is 0.303. The standard InChI is InChI=1S/C29H23F2N7O4S/c1-41-23-13-33-22(26(30)31)9-19(23)18-10-24(38-6-7-42-14-25(38)39)34-12-21(18)27(40)35-29-37-36-28(43-29)20-8-17(20)16-4-2-15(11-32)3-5-16/h2-5,9-10,12-13,17,20,26H,6-8,14H2,1H3,(H,35,37,40). The molecule has 2 amide bonds. The van der Waals surface area contributed by atoms with E-state index >= 15 is 0 Å². The zero-order chi connectivity index (χ0) is 30.1. The van der Waals surface area contributed by atoms with Crippen LogP contribution in [0.1, 0.15) is 56.9 Å². The second-order valence-corrected chi connectivity index (χ2v) is 10.9. The van der Waals surface area contributed by atoms with Gasteiger partial charge in [0.05, 0.1) is 43.7 Å². The number of aromatic nitrogens is 4. The number of hydrogen-bond donors (Lipinski definition) is 1. The van der Waals surface area contributed by atoms with Gasteiger partial charge in [-0.3, -0.25) is 24.8 Å². The number of hydrogen-bond acceptors (Lipinski definition) is 10. The van der Waals surface area contributed by atoms with Gasteiger partial charge in [0.1, 0.15) is 28.9 Å². The van der Waals surface area contributed by atoms with E-state index in [4.69, 9.17) is 14.7 Å². The maximum atomic E-state index is 13.6. The summed E-state index contributed by atoms with van der Waals surface area (Å²) in [7, 11) is 1.36. The lowest BCUT2D eigenvalue weighted by Crippen LogP contribution is -2.42. The Bertz CT molecular complexity index is 1740. The summed E-state index contributed by atoms with van der Waals surface area (Å²) in [6.45, 7) is 0.413. The highest BCUT2D eigenvalue weighted by molar-refractivity contribution is 7.15. The maximum absolute atomic E-state index is 13.6. The number of halogens is 2. The number of nitrogens with zero attached hydrogens (tertiary/aromatic N) is 6. The Kier molecular flexibility index (Phi) is 7.75. The molecule has 0 bridgehead atoms. The first-order chi connectivity index (χ1) is 20.9. The normalized spacial score (nSPS) is 17.9. The fourth-order valence-corrected chi connectivity index (χ4v) is 5.86. The first kappa shape index (κ1) is 28.3. The zero-order valence-electron chi connectivity index (χ0n) is 22.7. The van der Waals surface area contributed by atoms with Gasteiger partial charge in [-0.2, -0.15) is 5.26 Å². The number of pyridine rings is 2. The van der Waals surface area contributed by atoms with Crippen LogP contribution in [-0.4, -0.2) is 58.8 Å². The summed E-state index contributed by atoms with van der Waals surface area (Å²) in [6.07, 6.45) is 0.460. The molecule has 218 valence electrons. The lowest BCUT2D eigenvalue weighted by molar-refractivity contribution is -0.125. The lowest BCUT2D eigenvalue weighted by Gasteiger charge is -2.26. The summed E-state index contributed by atoms with van der Waals surface area (Å²) >= 11 is 1.25. The molecule has 0 spiro atoms. The topological polar surface area (TPSA) is 143 Å². The molecule has 4 aromatic rings. The molecule has 1 aromatic carbocycles. The van der Waals surface area contributed by atoms with Crippen molar-refractivity contribution in [1.82, 2.24) is 20.2 Å². The van der Waals surface area contributed by atoms with Gasteiger partial charge >= 0.3 is 0 Å². The molecule has 1 aliphatic heterocycles. The van der Waals surface area contributed by atoms with Gasteiger partial charge in [0, 0.05) is 23.2 Å². The molecule has 2 aliphatic rings. The number of nitrogens with one attached hydrogen (secondary N) is 1. The molecule has 1 N–H and O–H groups in total. The smallest absolute Gasteiger partial charge is 0.280 e. The number of rotatable bonds is 8. The molecule has 3 aromatic heterocycles. The third-order valence-corrected chi connectivity index (χ3v) is 8.23. The van der Waals surface area contributed by atoms with Crippen molar-refractivity contribution in [1.29, 1.82) is 5.26 Å². The highest BCUT2D eigenvalue weighted by Gasteiger charge is 2.42. The summed E-state index contributed by atoms with van der Waals surface area (Å²) in [5.74, 6) is -0.131. The number of ether oxygens (including phenoxy) is 2. The van der Waals surface area contributed by atoms with E-state index in [2.05, 4.69) is 31.6 Å². The SMILES string of the molecule is COc1cnc(C(F)F)cc1-c1cc(N2CCOCC2=O)ncc1C(=O)Nc1nnc(C2CC2c2ccc(C#N)cc2)s1. The lowest BCUT2D eigenvalue weighted by atomic mass is 9.99. The van der Waals surface area contributed by atoms with Crippen LogP contribution in [0.5, 0.6) is 5.75 Å². The van der Waals surface area contributed by atoms with Crippen molar-refractivity contribution >= 4 is 34.1 Å². The van der Waals surface area contributed by atoms with Gasteiger partial charge in [0.15, 0.2) is 0 Å². The first-order valence-corrected chi connectivity index (χ1v) is 14.0. The monoisotopic (exact) mass is 603 g/mol. The second-order valence-electron chi connectivity index (χ2n) is 9.88. The van der Waals surface area contributed by atoms with Gasteiger partial charge in [-0.1, -0.05) is 23.5 Å². The molecule has 0 radical (unpaired) electrons. The fourth-order valence-electron chi connectivity index (χ4n) is 4.95. The second kappa shape index (κ2) is 11.8. The number of morpholine rings is 1. The summed E-state index contributed by atoms with van der Waals surface area (Å²) in [4.78, 5) is 35.6. The van der Waals surface area contributed by atoms with Crippen molar-refractivity contribution in [3.05, 3.63) is 76.2 Å². The fraction of sp³-hybridized carbons (Fsp3) is 0.276. The molecule has 14 heteroatoms. The van der Waals surface area contributed by atoms with Gasteiger partial charge in [0.25, 0.3) is 18.2 Å². The van der Waals surface area contributed by atoms with Crippen molar-refractivity contribution < 1.29 is 27.8 Å². The average molecular weight is 604 g/mol. The van der Waals surface area contributed by atoms with Crippen LogP contribution >= 0.6 is 11.3 Å². The number of carbonyl (C=O) groups is 2. The Morgan fingerprint density at radius 1 is 1.16 bits per heavy atom. The molecular weight excluding hydrogens is 580 g/mol. The first-order valence-electron chi connectivity index (χ1n) is 13.2. The summed E-state index contributed by atoms with van der Waals surface area (Å²) in [6, 6.07) is 12.2. The molecule has 1 aliphatic carbocycles. The number of nitriles is 1. The molecule has 1 saturated carbocycles. The van der Waals surface area contributed by atoms with E-state index in [-0.39, 0.29) is 64.3 Å². The molecule has 4 heterocycles. The Balaban J connectivity index is 1.29. The minimum absolute atomic E-state index is 0.0489. The number of carbonyl (C=O) groups excluding carboxylic acids is 2. The van der Waals surface area contributed by atoms with Crippen LogP contribution in [0.2, 0.25) is 0 Å². The van der Waals surface area contributed by atoms with Gasteiger partial charge in [0.2, 0.25) is 5.13 Å². The third kappa shape index (κ3) is 5.77. The Labute approximate surface area is 248 Å².